The van der Waals surface area contributed by atoms with Crippen molar-refractivity contribution in [2.75, 3.05) is 13.1 Å². The minimum Gasteiger partial charge on any atom is -0.362 e. The van der Waals surface area contributed by atoms with Crippen LogP contribution in [0.5, 0.6) is 0 Å². The predicted octanol–water partition coefficient (Wildman–Crippen LogP) is 1.57. The Bertz CT molecular complexity index is 760. The number of rotatable bonds is 3. The number of amides is 1. The maximum atomic E-state index is 12.5. The predicted molar refractivity (Wildman–Crippen MR) is 87.6 cm³/mol. The molecule has 2 saturated heterocycles. The van der Waals surface area contributed by atoms with Crippen LogP contribution in [0.25, 0.3) is 0 Å². The number of piperidine rings is 1. The molecule has 2 aromatic heterocycles. The zero-order valence-electron chi connectivity index (χ0n) is 14.6. The van der Waals surface area contributed by atoms with Crippen molar-refractivity contribution in [3.63, 3.8) is 0 Å². The third-order valence-corrected chi connectivity index (χ3v) is 5.20. The van der Waals surface area contributed by atoms with Gasteiger partial charge >= 0.3 is 0 Å². The lowest BCUT2D eigenvalue weighted by Gasteiger charge is -2.39. The second-order valence-electron chi connectivity index (χ2n) is 7.05. The van der Waals surface area contributed by atoms with Crippen molar-refractivity contribution < 1.29 is 14.1 Å². The van der Waals surface area contributed by atoms with Crippen molar-refractivity contribution >= 4 is 5.91 Å². The Kier molecular flexibility index (Phi) is 4.07. The Hall–Kier alpha value is -2.22. The van der Waals surface area contributed by atoms with Gasteiger partial charge in [-0.1, -0.05) is 5.16 Å². The smallest absolute Gasteiger partial charge is 0.255 e. The number of hydrogen-bond acceptors (Lipinski definition) is 6. The zero-order chi connectivity index (χ0) is 17.4. The molecule has 0 radical (unpaired) electrons. The summed E-state index contributed by atoms with van der Waals surface area (Å²) in [4.78, 5) is 18.7. The minimum atomic E-state index is -0.158. The van der Waals surface area contributed by atoms with Crippen molar-refractivity contribution in [2.24, 2.45) is 7.05 Å². The van der Waals surface area contributed by atoms with E-state index in [-0.39, 0.29) is 17.6 Å². The molecule has 2 aliphatic heterocycles. The Morgan fingerprint density at radius 2 is 2.16 bits per heavy atom. The molecule has 1 amide bonds. The fraction of sp³-hybridized carbons (Fsp3) is 0.647. The van der Waals surface area contributed by atoms with Gasteiger partial charge in [0.1, 0.15) is 6.10 Å². The first-order chi connectivity index (χ1) is 12.0. The van der Waals surface area contributed by atoms with E-state index in [4.69, 9.17) is 9.26 Å². The molecule has 8 heteroatoms. The van der Waals surface area contributed by atoms with Gasteiger partial charge in [-0.05, 0) is 38.7 Å². The number of hydrogen-bond donors (Lipinski definition) is 0. The summed E-state index contributed by atoms with van der Waals surface area (Å²) in [5, 5.41) is 8.13. The molecule has 1 atom stereocenters. The van der Waals surface area contributed by atoms with Crippen molar-refractivity contribution in [1.82, 2.24) is 24.8 Å². The molecule has 4 rings (SSSR count). The summed E-state index contributed by atoms with van der Waals surface area (Å²) < 4.78 is 13.3. The number of aryl methyl sites for hydroxylation is 2. The number of carbonyl (C=O) groups is 1. The summed E-state index contributed by atoms with van der Waals surface area (Å²) in [7, 11) is 1.86. The summed E-state index contributed by atoms with van der Waals surface area (Å²) in [6.45, 7) is 3.26. The van der Waals surface area contributed by atoms with Gasteiger partial charge in [-0.3, -0.25) is 9.48 Å². The van der Waals surface area contributed by atoms with E-state index >= 15 is 0 Å². The van der Waals surface area contributed by atoms with Crippen molar-refractivity contribution in [1.29, 1.82) is 0 Å². The molecule has 2 aromatic rings. The van der Waals surface area contributed by atoms with Crippen LogP contribution in [-0.4, -0.2) is 49.4 Å². The normalized spacial score (nSPS) is 22.6. The molecule has 0 unspecified atom stereocenters. The van der Waals surface area contributed by atoms with Crippen LogP contribution in [-0.2, 0) is 23.0 Å². The molecule has 2 aliphatic rings. The number of carbonyl (C=O) groups excluding carboxylic acids is 1. The van der Waals surface area contributed by atoms with Crippen LogP contribution in [0.3, 0.4) is 0 Å². The van der Waals surface area contributed by atoms with E-state index in [1.165, 1.54) is 0 Å². The molecule has 0 saturated carbocycles. The fourth-order valence-corrected chi connectivity index (χ4v) is 3.79. The largest absolute Gasteiger partial charge is 0.362 e. The number of likely N-dealkylation sites (tertiary alicyclic amines) is 1. The van der Waals surface area contributed by atoms with Gasteiger partial charge in [0.2, 0.25) is 5.91 Å². The molecule has 0 aliphatic carbocycles. The van der Waals surface area contributed by atoms with Gasteiger partial charge in [-0.2, -0.15) is 10.1 Å². The van der Waals surface area contributed by atoms with Crippen molar-refractivity contribution in [3.8, 4) is 0 Å². The van der Waals surface area contributed by atoms with Gasteiger partial charge in [0.05, 0.1) is 17.7 Å². The van der Waals surface area contributed by atoms with E-state index in [1.807, 2.05) is 31.1 Å². The first-order valence-corrected chi connectivity index (χ1v) is 8.77. The monoisotopic (exact) mass is 345 g/mol. The molecule has 2 fully saturated rings. The van der Waals surface area contributed by atoms with E-state index in [2.05, 4.69) is 15.2 Å². The van der Waals surface area contributed by atoms with E-state index in [0.29, 0.717) is 18.1 Å². The third kappa shape index (κ3) is 3.30. The van der Waals surface area contributed by atoms with Crippen molar-refractivity contribution in [3.05, 3.63) is 29.7 Å². The highest BCUT2D eigenvalue weighted by Gasteiger charge is 2.45. The SMILES string of the molecule is Cc1noc([C@H]2CCC3(CCN(C(=O)Cc4ccn(C)n4)CC3)O2)n1. The lowest BCUT2D eigenvalue weighted by molar-refractivity contribution is -0.137. The van der Waals surface area contributed by atoms with E-state index in [1.54, 1.807) is 4.68 Å². The van der Waals surface area contributed by atoms with Crippen molar-refractivity contribution in [2.45, 2.75) is 50.7 Å². The molecular weight excluding hydrogens is 322 g/mol. The standard InChI is InChI=1S/C17H23N5O3/c1-12-18-16(25-20-12)14-3-5-17(24-14)6-9-22(10-7-17)15(23)11-13-4-8-21(2)19-13/h4,8,14H,3,5-7,9-11H2,1-2H3/t14-/m1/s1. The highest BCUT2D eigenvalue weighted by Crippen LogP contribution is 2.44. The first-order valence-electron chi connectivity index (χ1n) is 8.77. The van der Waals surface area contributed by atoms with Crippen LogP contribution >= 0.6 is 0 Å². The summed E-state index contributed by atoms with van der Waals surface area (Å²) in [6, 6.07) is 1.89. The van der Waals surface area contributed by atoms with Crippen LogP contribution in [0.15, 0.2) is 16.8 Å². The van der Waals surface area contributed by atoms with E-state index < -0.39 is 0 Å². The average molecular weight is 345 g/mol. The topological polar surface area (TPSA) is 86.3 Å². The summed E-state index contributed by atoms with van der Waals surface area (Å²) in [5.41, 5.74) is 0.658. The molecule has 134 valence electrons. The van der Waals surface area contributed by atoms with Crippen LogP contribution in [0.1, 0.15) is 49.2 Å². The van der Waals surface area contributed by atoms with Gasteiger partial charge in [0, 0.05) is 26.3 Å². The summed E-state index contributed by atoms with van der Waals surface area (Å²) in [6.07, 6.45) is 5.68. The van der Waals surface area contributed by atoms with Gasteiger partial charge in [-0.15, -0.1) is 0 Å². The van der Waals surface area contributed by atoms with Gasteiger partial charge in [0.25, 0.3) is 5.89 Å². The quantitative estimate of drug-likeness (QED) is 0.839. The highest BCUT2D eigenvalue weighted by atomic mass is 16.5. The maximum absolute atomic E-state index is 12.5. The molecule has 4 heterocycles. The summed E-state index contributed by atoms with van der Waals surface area (Å²) >= 11 is 0. The Morgan fingerprint density at radius 1 is 1.36 bits per heavy atom. The Labute approximate surface area is 146 Å². The molecule has 1 spiro atoms. The molecule has 0 bridgehead atoms. The van der Waals surface area contributed by atoms with Gasteiger partial charge in [-0.25, -0.2) is 0 Å². The Balaban J connectivity index is 1.33. The summed E-state index contributed by atoms with van der Waals surface area (Å²) in [5.74, 6) is 1.34. The van der Waals surface area contributed by atoms with E-state index in [0.717, 1.165) is 44.5 Å². The maximum Gasteiger partial charge on any atom is 0.255 e. The van der Waals surface area contributed by atoms with Crippen LogP contribution in [0.4, 0.5) is 0 Å². The average Bonchev–Trinajstić information content (AvgIpc) is 3.30. The second kappa shape index (κ2) is 6.25. The molecule has 0 N–H and O–H groups in total. The number of aromatic nitrogens is 4. The fourth-order valence-electron chi connectivity index (χ4n) is 3.79. The first kappa shape index (κ1) is 16.3. The van der Waals surface area contributed by atoms with Crippen LogP contribution in [0.2, 0.25) is 0 Å². The molecular formula is C17H23N5O3. The second-order valence-corrected chi connectivity index (χ2v) is 7.05. The zero-order valence-corrected chi connectivity index (χ0v) is 14.6. The lowest BCUT2D eigenvalue weighted by Crippen LogP contribution is -2.46. The molecule has 25 heavy (non-hydrogen) atoms. The molecule has 8 nitrogen and oxygen atoms in total. The van der Waals surface area contributed by atoms with Gasteiger partial charge in [0.15, 0.2) is 5.82 Å². The van der Waals surface area contributed by atoms with Crippen LogP contribution < -0.4 is 0 Å². The lowest BCUT2D eigenvalue weighted by atomic mass is 9.88. The van der Waals surface area contributed by atoms with E-state index in [9.17, 15) is 4.79 Å². The third-order valence-electron chi connectivity index (χ3n) is 5.20. The van der Waals surface area contributed by atoms with Gasteiger partial charge < -0.3 is 14.2 Å². The Morgan fingerprint density at radius 3 is 2.80 bits per heavy atom. The number of ether oxygens (including phenoxy) is 1. The number of nitrogens with zero attached hydrogens (tertiary/aromatic N) is 5. The molecule has 0 aromatic carbocycles. The van der Waals surface area contributed by atoms with Crippen LogP contribution in [0, 0.1) is 6.92 Å². The highest BCUT2D eigenvalue weighted by molar-refractivity contribution is 5.78. The minimum absolute atomic E-state index is 0.114.